The minimum Gasteiger partial charge on any atom is -0.467 e. The van der Waals surface area contributed by atoms with Crippen LogP contribution >= 0.6 is 11.3 Å². The summed E-state index contributed by atoms with van der Waals surface area (Å²) in [7, 11) is 0. The van der Waals surface area contributed by atoms with Gasteiger partial charge in [-0.1, -0.05) is 0 Å². The van der Waals surface area contributed by atoms with Crippen molar-refractivity contribution in [2.24, 2.45) is 11.8 Å². The molecule has 0 saturated carbocycles. The number of furan rings is 1. The Balaban J connectivity index is 1.41. The van der Waals surface area contributed by atoms with E-state index < -0.39 is 0 Å². The lowest BCUT2D eigenvalue weighted by Crippen LogP contribution is -2.52. The lowest BCUT2D eigenvalue weighted by Gasteiger charge is -2.39. The molecule has 0 bridgehead atoms. The van der Waals surface area contributed by atoms with Gasteiger partial charge in [-0.3, -0.25) is 9.69 Å². The fourth-order valence-corrected chi connectivity index (χ4v) is 4.48. The molecule has 5 nitrogen and oxygen atoms in total. The standard InChI is InChI=1S/C18H22N2O3S/c21-18(19-8-14-2-1-5-22-14)16-10-20(9-13-4-7-24-12-13)11-17-15(16)3-6-23-17/h1-2,4-5,7,12,15-17H,3,6,8-11H2,(H,19,21)/t15-,16-,17+/m0/s1. The number of likely N-dealkylation sites (tertiary alicyclic amines) is 1. The van der Waals surface area contributed by atoms with Crippen LogP contribution in [0.5, 0.6) is 0 Å². The number of rotatable bonds is 5. The molecule has 4 heterocycles. The molecule has 3 atom stereocenters. The largest absolute Gasteiger partial charge is 0.467 e. The second-order valence-electron chi connectivity index (χ2n) is 6.59. The average Bonchev–Trinajstić information content (AvgIpc) is 3.33. The number of ether oxygens (including phenoxy) is 1. The Morgan fingerprint density at radius 3 is 3.12 bits per heavy atom. The first-order valence-corrected chi connectivity index (χ1v) is 9.39. The summed E-state index contributed by atoms with van der Waals surface area (Å²) in [5.74, 6) is 1.22. The molecule has 2 aliphatic heterocycles. The van der Waals surface area contributed by atoms with E-state index in [2.05, 4.69) is 27.0 Å². The Kier molecular flexibility index (Phi) is 4.69. The van der Waals surface area contributed by atoms with E-state index in [1.165, 1.54) is 5.56 Å². The van der Waals surface area contributed by atoms with E-state index in [1.807, 2.05) is 12.1 Å². The maximum absolute atomic E-state index is 12.8. The minimum absolute atomic E-state index is 0.0140. The number of amides is 1. The van der Waals surface area contributed by atoms with Gasteiger partial charge in [0.15, 0.2) is 0 Å². The van der Waals surface area contributed by atoms with Crippen LogP contribution in [0, 0.1) is 11.8 Å². The van der Waals surface area contributed by atoms with Gasteiger partial charge < -0.3 is 14.5 Å². The van der Waals surface area contributed by atoms with Crippen LogP contribution in [0.4, 0.5) is 0 Å². The zero-order valence-electron chi connectivity index (χ0n) is 13.5. The summed E-state index contributed by atoms with van der Waals surface area (Å²) in [6.07, 6.45) is 2.79. The SMILES string of the molecule is O=C(NCc1ccco1)[C@H]1CN(Cc2ccsc2)C[C@H]2OCC[C@@H]12. The van der Waals surface area contributed by atoms with Crippen molar-refractivity contribution in [1.82, 2.24) is 10.2 Å². The van der Waals surface area contributed by atoms with E-state index in [-0.39, 0.29) is 17.9 Å². The maximum Gasteiger partial charge on any atom is 0.225 e. The third-order valence-corrected chi connectivity index (χ3v) is 5.74. The number of fused-ring (bicyclic) bond motifs is 1. The van der Waals surface area contributed by atoms with Crippen molar-refractivity contribution in [2.75, 3.05) is 19.7 Å². The highest BCUT2D eigenvalue weighted by Crippen LogP contribution is 2.34. The number of piperidine rings is 1. The van der Waals surface area contributed by atoms with Gasteiger partial charge in [0.25, 0.3) is 0 Å². The average molecular weight is 346 g/mol. The fraction of sp³-hybridized carbons (Fsp3) is 0.500. The van der Waals surface area contributed by atoms with Crippen molar-refractivity contribution >= 4 is 17.2 Å². The first kappa shape index (κ1) is 15.9. The van der Waals surface area contributed by atoms with Crippen LogP contribution in [-0.4, -0.2) is 36.6 Å². The topological polar surface area (TPSA) is 54.7 Å². The van der Waals surface area contributed by atoms with E-state index in [0.717, 1.165) is 38.4 Å². The lowest BCUT2D eigenvalue weighted by atomic mass is 9.82. The number of hydrogen-bond donors (Lipinski definition) is 1. The summed E-state index contributed by atoms with van der Waals surface area (Å²) < 4.78 is 11.2. The summed E-state index contributed by atoms with van der Waals surface area (Å²) in [6.45, 7) is 3.82. The molecular formula is C18H22N2O3S. The van der Waals surface area contributed by atoms with E-state index in [4.69, 9.17) is 9.15 Å². The summed E-state index contributed by atoms with van der Waals surface area (Å²) in [6, 6.07) is 5.87. The third-order valence-electron chi connectivity index (χ3n) is 5.01. The first-order chi connectivity index (χ1) is 11.8. The van der Waals surface area contributed by atoms with Crippen molar-refractivity contribution < 1.29 is 13.9 Å². The molecule has 1 N–H and O–H groups in total. The Hall–Kier alpha value is -1.63. The molecule has 0 aliphatic carbocycles. The predicted molar refractivity (Wildman–Crippen MR) is 91.5 cm³/mol. The molecule has 2 aromatic rings. The summed E-state index contributed by atoms with van der Waals surface area (Å²) in [5.41, 5.74) is 1.31. The van der Waals surface area contributed by atoms with Gasteiger partial charge in [0.1, 0.15) is 5.76 Å². The van der Waals surface area contributed by atoms with Crippen LogP contribution in [0.2, 0.25) is 0 Å². The van der Waals surface area contributed by atoms with Crippen molar-refractivity contribution in [3.63, 3.8) is 0 Å². The van der Waals surface area contributed by atoms with E-state index in [1.54, 1.807) is 17.6 Å². The van der Waals surface area contributed by atoms with Gasteiger partial charge in [0.2, 0.25) is 5.91 Å². The summed E-state index contributed by atoms with van der Waals surface area (Å²) in [5, 5.41) is 7.31. The molecule has 2 fully saturated rings. The second kappa shape index (κ2) is 7.09. The lowest BCUT2D eigenvalue weighted by molar-refractivity contribution is -0.131. The molecule has 2 saturated heterocycles. The minimum atomic E-state index is -0.0140. The van der Waals surface area contributed by atoms with Gasteiger partial charge >= 0.3 is 0 Å². The second-order valence-corrected chi connectivity index (χ2v) is 7.37. The van der Waals surface area contributed by atoms with Crippen molar-refractivity contribution in [3.8, 4) is 0 Å². The van der Waals surface area contributed by atoms with Crippen molar-refractivity contribution in [1.29, 1.82) is 0 Å². The Morgan fingerprint density at radius 1 is 1.38 bits per heavy atom. The highest BCUT2D eigenvalue weighted by atomic mass is 32.1. The number of thiophene rings is 1. The van der Waals surface area contributed by atoms with Crippen molar-refractivity contribution in [3.05, 3.63) is 46.5 Å². The molecule has 0 unspecified atom stereocenters. The number of carbonyl (C=O) groups is 1. The van der Waals surface area contributed by atoms with Crippen LogP contribution in [-0.2, 0) is 22.6 Å². The number of carbonyl (C=O) groups excluding carboxylic acids is 1. The number of hydrogen-bond acceptors (Lipinski definition) is 5. The molecule has 2 aromatic heterocycles. The van der Waals surface area contributed by atoms with Gasteiger partial charge in [0.05, 0.1) is 24.8 Å². The first-order valence-electron chi connectivity index (χ1n) is 8.45. The molecule has 1 amide bonds. The molecule has 0 spiro atoms. The molecule has 2 aliphatic rings. The van der Waals surface area contributed by atoms with Crippen LogP contribution in [0.25, 0.3) is 0 Å². The summed E-state index contributed by atoms with van der Waals surface area (Å²) >= 11 is 1.71. The Labute approximate surface area is 145 Å². The van der Waals surface area contributed by atoms with Crippen LogP contribution < -0.4 is 5.32 Å². The number of nitrogens with one attached hydrogen (secondary N) is 1. The molecule has 4 rings (SSSR count). The zero-order valence-corrected chi connectivity index (χ0v) is 14.3. The highest BCUT2D eigenvalue weighted by molar-refractivity contribution is 7.07. The number of nitrogens with zero attached hydrogens (tertiary/aromatic N) is 1. The Bertz CT molecular complexity index is 656. The summed E-state index contributed by atoms with van der Waals surface area (Å²) in [4.78, 5) is 15.1. The van der Waals surface area contributed by atoms with Crippen molar-refractivity contribution in [2.45, 2.75) is 25.6 Å². The monoisotopic (exact) mass is 346 g/mol. The van der Waals surface area contributed by atoms with Crippen LogP contribution in [0.3, 0.4) is 0 Å². The van der Waals surface area contributed by atoms with E-state index in [0.29, 0.717) is 12.5 Å². The fourth-order valence-electron chi connectivity index (χ4n) is 3.82. The van der Waals surface area contributed by atoms with Gasteiger partial charge in [-0.15, -0.1) is 0 Å². The van der Waals surface area contributed by atoms with Gasteiger partial charge in [-0.05, 0) is 40.9 Å². The normalized spacial score (nSPS) is 27.1. The molecule has 128 valence electrons. The van der Waals surface area contributed by atoms with Crippen LogP contribution in [0.15, 0.2) is 39.6 Å². The quantitative estimate of drug-likeness (QED) is 0.904. The Morgan fingerprint density at radius 2 is 2.33 bits per heavy atom. The van der Waals surface area contributed by atoms with E-state index >= 15 is 0 Å². The molecule has 24 heavy (non-hydrogen) atoms. The molecule has 0 aromatic carbocycles. The zero-order chi connectivity index (χ0) is 16.4. The van der Waals surface area contributed by atoms with Gasteiger partial charge in [0, 0.05) is 32.2 Å². The smallest absolute Gasteiger partial charge is 0.225 e. The molecular weight excluding hydrogens is 324 g/mol. The highest BCUT2D eigenvalue weighted by Gasteiger charge is 2.43. The maximum atomic E-state index is 12.8. The van der Waals surface area contributed by atoms with E-state index in [9.17, 15) is 4.79 Å². The third kappa shape index (κ3) is 3.41. The predicted octanol–water partition coefficient (Wildman–Crippen LogP) is 2.49. The molecule has 0 radical (unpaired) electrons. The van der Waals surface area contributed by atoms with Gasteiger partial charge in [-0.25, -0.2) is 0 Å². The molecule has 6 heteroatoms. The van der Waals surface area contributed by atoms with Gasteiger partial charge in [-0.2, -0.15) is 11.3 Å². The van der Waals surface area contributed by atoms with Crippen LogP contribution in [0.1, 0.15) is 17.7 Å².